The molecule has 140 valence electrons. The normalized spacial score (nSPS) is 11.0. The third-order valence-corrected chi connectivity index (χ3v) is 4.06. The highest BCUT2D eigenvalue weighted by Gasteiger charge is 2.11. The molecule has 2 aromatic carbocycles. The molecule has 3 rings (SSSR count). The van der Waals surface area contributed by atoms with E-state index < -0.39 is 0 Å². The van der Waals surface area contributed by atoms with Crippen molar-refractivity contribution in [2.24, 2.45) is 5.16 Å². The Morgan fingerprint density at radius 3 is 2.74 bits per heavy atom. The lowest BCUT2D eigenvalue weighted by Gasteiger charge is -2.09. The molecule has 0 saturated heterocycles. The number of ether oxygens (including phenoxy) is 2. The van der Waals surface area contributed by atoms with Crippen LogP contribution >= 0.6 is 11.6 Å². The summed E-state index contributed by atoms with van der Waals surface area (Å²) in [5.74, 6) is 1.82. The molecule has 0 N–H and O–H groups in total. The van der Waals surface area contributed by atoms with E-state index in [1.165, 1.54) is 20.4 Å². The topological polar surface area (TPSA) is 79.0 Å². The van der Waals surface area contributed by atoms with Crippen LogP contribution in [-0.4, -0.2) is 30.6 Å². The van der Waals surface area contributed by atoms with Gasteiger partial charge in [0.25, 0.3) is 5.89 Å². The van der Waals surface area contributed by atoms with E-state index in [1.807, 2.05) is 31.2 Å². The van der Waals surface area contributed by atoms with Gasteiger partial charge in [0.2, 0.25) is 5.82 Å². The van der Waals surface area contributed by atoms with Crippen LogP contribution in [0.25, 0.3) is 11.4 Å². The van der Waals surface area contributed by atoms with E-state index in [0.717, 1.165) is 11.1 Å². The van der Waals surface area contributed by atoms with Crippen molar-refractivity contribution in [1.82, 2.24) is 10.1 Å². The Morgan fingerprint density at radius 2 is 2.00 bits per heavy atom. The van der Waals surface area contributed by atoms with Crippen LogP contribution in [0.5, 0.6) is 11.5 Å². The van der Waals surface area contributed by atoms with Crippen LogP contribution in [0, 0.1) is 6.92 Å². The molecule has 7 nitrogen and oxygen atoms in total. The predicted molar refractivity (Wildman–Crippen MR) is 101 cm³/mol. The first kappa shape index (κ1) is 18.7. The minimum absolute atomic E-state index is 0.0520. The van der Waals surface area contributed by atoms with Gasteiger partial charge in [-0.05, 0) is 24.6 Å². The second-order valence-electron chi connectivity index (χ2n) is 5.57. The number of aryl methyl sites for hydroxylation is 1. The van der Waals surface area contributed by atoms with Gasteiger partial charge >= 0.3 is 0 Å². The van der Waals surface area contributed by atoms with Crippen molar-refractivity contribution in [3.05, 3.63) is 58.4 Å². The van der Waals surface area contributed by atoms with Crippen molar-refractivity contribution in [3.63, 3.8) is 0 Å². The zero-order valence-corrected chi connectivity index (χ0v) is 15.9. The van der Waals surface area contributed by atoms with Crippen LogP contribution in [-0.2, 0) is 11.4 Å². The van der Waals surface area contributed by atoms with Gasteiger partial charge in [0, 0.05) is 11.1 Å². The van der Waals surface area contributed by atoms with E-state index in [2.05, 4.69) is 15.3 Å². The summed E-state index contributed by atoms with van der Waals surface area (Å²) in [5, 5.41) is 8.29. The summed E-state index contributed by atoms with van der Waals surface area (Å²) in [6, 6.07) is 11.2. The van der Waals surface area contributed by atoms with Gasteiger partial charge in [0.1, 0.15) is 0 Å². The van der Waals surface area contributed by atoms with E-state index in [4.69, 9.17) is 30.4 Å². The Kier molecular flexibility index (Phi) is 5.93. The molecule has 0 aliphatic carbocycles. The summed E-state index contributed by atoms with van der Waals surface area (Å²) >= 11 is 6.16. The Hall–Kier alpha value is -3.06. The van der Waals surface area contributed by atoms with Crippen molar-refractivity contribution < 1.29 is 18.8 Å². The second-order valence-corrected chi connectivity index (χ2v) is 5.98. The summed E-state index contributed by atoms with van der Waals surface area (Å²) in [5.41, 5.74) is 2.67. The molecule has 0 bridgehead atoms. The molecule has 3 aromatic rings. The molecule has 1 aromatic heterocycles. The largest absolute Gasteiger partial charge is 0.493 e. The van der Waals surface area contributed by atoms with Crippen molar-refractivity contribution in [2.75, 3.05) is 14.2 Å². The number of rotatable bonds is 7. The first-order chi connectivity index (χ1) is 13.1. The number of aromatic nitrogens is 2. The minimum Gasteiger partial charge on any atom is -0.493 e. The van der Waals surface area contributed by atoms with Crippen LogP contribution in [0.15, 0.2) is 46.1 Å². The molecule has 0 unspecified atom stereocenters. The number of benzene rings is 2. The van der Waals surface area contributed by atoms with Gasteiger partial charge < -0.3 is 18.8 Å². The number of nitrogens with zero attached hydrogens (tertiary/aromatic N) is 3. The molecule has 8 heteroatoms. The maximum Gasteiger partial charge on any atom is 0.267 e. The Balaban J connectivity index is 1.64. The first-order valence-corrected chi connectivity index (χ1v) is 8.45. The van der Waals surface area contributed by atoms with Crippen LogP contribution in [0.1, 0.15) is 17.0 Å². The molecule has 0 fully saturated rings. The molecule has 0 aliphatic heterocycles. The summed E-state index contributed by atoms with van der Waals surface area (Å²) in [6.07, 6.45) is 1.51. The van der Waals surface area contributed by atoms with E-state index in [9.17, 15) is 0 Å². The molecule has 0 saturated carbocycles. The average molecular weight is 388 g/mol. The van der Waals surface area contributed by atoms with Gasteiger partial charge in [0.15, 0.2) is 18.1 Å². The Bertz CT molecular complexity index is 956. The maximum absolute atomic E-state index is 6.16. The lowest BCUT2D eigenvalue weighted by Crippen LogP contribution is -1.94. The van der Waals surface area contributed by atoms with E-state index >= 15 is 0 Å². The van der Waals surface area contributed by atoms with Gasteiger partial charge in [-0.15, -0.1) is 0 Å². The number of halogens is 1. The van der Waals surface area contributed by atoms with Gasteiger partial charge in [0.05, 0.1) is 25.5 Å². The van der Waals surface area contributed by atoms with Crippen molar-refractivity contribution in [2.45, 2.75) is 13.5 Å². The first-order valence-electron chi connectivity index (χ1n) is 8.07. The number of hydrogen-bond donors (Lipinski definition) is 0. The molecule has 0 aliphatic rings. The van der Waals surface area contributed by atoms with E-state index in [0.29, 0.717) is 33.8 Å². The van der Waals surface area contributed by atoms with E-state index in [-0.39, 0.29) is 6.61 Å². The SMILES string of the molecule is COc1cc(/C=N/OCc2nc(-c3ccccc3C)no2)cc(Cl)c1OC. The highest BCUT2D eigenvalue weighted by molar-refractivity contribution is 6.32. The highest BCUT2D eigenvalue weighted by atomic mass is 35.5. The van der Waals surface area contributed by atoms with E-state index in [1.54, 1.807) is 12.1 Å². The summed E-state index contributed by atoms with van der Waals surface area (Å²) in [6.45, 7) is 2.04. The molecule has 0 atom stereocenters. The lowest BCUT2D eigenvalue weighted by atomic mass is 10.1. The predicted octanol–water partition coefficient (Wildman–Crippen LogP) is 4.27. The molecule has 27 heavy (non-hydrogen) atoms. The molecular weight excluding hydrogens is 370 g/mol. The van der Waals surface area contributed by atoms with Gasteiger partial charge in [-0.3, -0.25) is 0 Å². The molecule has 0 radical (unpaired) electrons. The van der Waals surface area contributed by atoms with Crippen molar-refractivity contribution in [1.29, 1.82) is 0 Å². The lowest BCUT2D eigenvalue weighted by molar-refractivity contribution is 0.107. The van der Waals surface area contributed by atoms with Crippen LogP contribution in [0.2, 0.25) is 5.02 Å². The number of hydrogen-bond acceptors (Lipinski definition) is 7. The van der Waals surface area contributed by atoms with Gasteiger partial charge in [-0.1, -0.05) is 46.2 Å². The molecule has 1 heterocycles. The standard InChI is InChI=1S/C19H18ClN3O4/c1-12-6-4-5-7-14(12)19-22-17(27-23-19)11-26-21-10-13-8-15(20)18(25-3)16(9-13)24-2/h4-10H,11H2,1-3H3/b21-10+. The fraction of sp³-hybridized carbons (Fsp3) is 0.211. The Labute approximate surface area is 161 Å². The average Bonchev–Trinajstić information content (AvgIpc) is 3.13. The number of oxime groups is 1. The third-order valence-electron chi connectivity index (χ3n) is 3.77. The van der Waals surface area contributed by atoms with Crippen molar-refractivity contribution >= 4 is 17.8 Å². The van der Waals surface area contributed by atoms with Crippen LogP contribution in [0.4, 0.5) is 0 Å². The zero-order valence-electron chi connectivity index (χ0n) is 15.1. The fourth-order valence-corrected chi connectivity index (χ4v) is 2.75. The van der Waals surface area contributed by atoms with Crippen LogP contribution in [0.3, 0.4) is 0 Å². The fourth-order valence-electron chi connectivity index (χ4n) is 2.45. The summed E-state index contributed by atoms with van der Waals surface area (Å²) in [7, 11) is 3.06. The maximum atomic E-state index is 6.16. The third kappa shape index (κ3) is 4.38. The zero-order chi connectivity index (χ0) is 19.2. The molecule has 0 spiro atoms. The van der Waals surface area contributed by atoms with Crippen molar-refractivity contribution in [3.8, 4) is 22.9 Å². The number of methoxy groups -OCH3 is 2. The highest BCUT2D eigenvalue weighted by Crippen LogP contribution is 2.35. The monoisotopic (exact) mass is 387 g/mol. The molecule has 0 amide bonds. The Morgan fingerprint density at radius 1 is 1.19 bits per heavy atom. The minimum atomic E-state index is 0.0520. The van der Waals surface area contributed by atoms with Gasteiger partial charge in [-0.2, -0.15) is 4.98 Å². The summed E-state index contributed by atoms with van der Waals surface area (Å²) in [4.78, 5) is 9.55. The summed E-state index contributed by atoms with van der Waals surface area (Å²) < 4.78 is 15.6. The van der Waals surface area contributed by atoms with Gasteiger partial charge in [-0.25, -0.2) is 0 Å². The quantitative estimate of drug-likeness (QED) is 0.445. The molecular formula is C19H18ClN3O4. The smallest absolute Gasteiger partial charge is 0.267 e. The van der Waals surface area contributed by atoms with Crippen LogP contribution < -0.4 is 9.47 Å². The second kappa shape index (κ2) is 8.55.